The fourth-order valence-corrected chi connectivity index (χ4v) is 1.48. The van der Waals surface area contributed by atoms with Gasteiger partial charge >= 0.3 is 0 Å². The number of aromatic nitrogens is 2. The van der Waals surface area contributed by atoms with Crippen LogP contribution in [-0.2, 0) is 7.05 Å². The molecule has 0 radical (unpaired) electrons. The minimum atomic E-state index is 0.982. The average Bonchev–Trinajstić information content (AvgIpc) is 2.46. The standard InChI is InChI=1S/C10H11N3/c1-13-7-8(4-5-11)9-3-2-6-12-10(9)13/h2-7H,11H2,1H3/b5-4+. The summed E-state index contributed by atoms with van der Waals surface area (Å²) in [5, 5.41) is 1.13. The van der Waals surface area contributed by atoms with Gasteiger partial charge in [0.05, 0.1) is 0 Å². The second-order valence-electron chi connectivity index (χ2n) is 2.93. The normalized spacial score (nSPS) is 11.5. The van der Waals surface area contributed by atoms with Gasteiger partial charge in [-0.2, -0.15) is 0 Å². The minimum Gasteiger partial charge on any atom is -0.405 e. The monoisotopic (exact) mass is 173 g/mol. The average molecular weight is 173 g/mol. The lowest BCUT2D eigenvalue weighted by molar-refractivity contribution is 0.947. The maximum atomic E-state index is 5.35. The number of hydrogen-bond acceptors (Lipinski definition) is 2. The summed E-state index contributed by atoms with van der Waals surface area (Å²) in [6.07, 6.45) is 7.23. The molecular weight excluding hydrogens is 162 g/mol. The van der Waals surface area contributed by atoms with Crippen LogP contribution in [0.25, 0.3) is 17.1 Å². The second kappa shape index (κ2) is 2.94. The van der Waals surface area contributed by atoms with Crippen LogP contribution in [0, 0.1) is 0 Å². The van der Waals surface area contributed by atoms with E-state index in [0.29, 0.717) is 0 Å². The maximum Gasteiger partial charge on any atom is 0.140 e. The van der Waals surface area contributed by atoms with Crippen molar-refractivity contribution in [1.29, 1.82) is 0 Å². The highest BCUT2D eigenvalue weighted by Crippen LogP contribution is 2.18. The van der Waals surface area contributed by atoms with Gasteiger partial charge in [-0.3, -0.25) is 0 Å². The first-order valence-corrected chi connectivity index (χ1v) is 4.11. The van der Waals surface area contributed by atoms with E-state index in [9.17, 15) is 0 Å². The molecule has 0 aliphatic heterocycles. The Balaban J connectivity index is 2.77. The summed E-state index contributed by atoms with van der Waals surface area (Å²) in [5.74, 6) is 0. The van der Waals surface area contributed by atoms with Gasteiger partial charge in [0, 0.05) is 30.4 Å². The van der Waals surface area contributed by atoms with E-state index in [-0.39, 0.29) is 0 Å². The lowest BCUT2D eigenvalue weighted by Crippen LogP contribution is -1.85. The molecular formula is C10H11N3. The molecule has 2 aromatic rings. The molecule has 2 aromatic heterocycles. The smallest absolute Gasteiger partial charge is 0.140 e. The van der Waals surface area contributed by atoms with E-state index >= 15 is 0 Å². The zero-order valence-corrected chi connectivity index (χ0v) is 7.44. The van der Waals surface area contributed by atoms with E-state index in [2.05, 4.69) is 4.98 Å². The molecule has 13 heavy (non-hydrogen) atoms. The van der Waals surface area contributed by atoms with Crippen molar-refractivity contribution in [1.82, 2.24) is 9.55 Å². The summed E-state index contributed by atoms with van der Waals surface area (Å²) in [6.45, 7) is 0. The molecule has 0 amide bonds. The van der Waals surface area contributed by atoms with Crippen LogP contribution in [-0.4, -0.2) is 9.55 Å². The molecule has 0 spiro atoms. The number of nitrogens with zero attached hydrogens (tertiary/aromatic N) is 2. The number of fused-ring (bicyclic) bond motifs is 1. The summed E-state index contributed by atoms with van der Waals surface area (Å²) in [4.78, 5) is 4.27. The van der Waals surface area contributed by atoms with Crippen LogP contribution in [0.3, 0.4) is 0 Å². The van der Waals surface area contributed by atoms with Crippen LogP contribution in [0.15, 0.2) is 30.7 Å². The molecule has 0 atom stereocenters. The van der Waals surface area contributed by atoms with E-state index in [1.807, 2.05) is 36.0 Å². The summed E-state index contributed by atoms with van der Waals surface area (Å²) in [7, 11) is 1.98. The highest BCUT2D eigenvalue weighted by Gasteiger charge is 2.02. The van der Waals surface area contributed by atoms with Crippen molar-refractivity contribution in [3.63, 3.8) is 0 Å². The van der Waals surface area contributed by atoms with Crippen molar-refractivity contribution >= 4 is 17.1 Å². The highest BCUT2D eigenvalue weighted by atomic mass is 15.0. The van der Waals surface area contributed by atoms with Crippen molar-refractivity contribution in [2.24, 2.45) is 12.8 Å². The van der Waals surface area contributed by atoms with E-state index in [1.54, 1.807) is 12.4 Å². The van der Waals surface area contributed by atoms with Crippen LogP contribution in [0.1, 0.15) is 5.56 Å². The van der Waals surface area contributed by atoms with E-state index in [0.717, 1.165) is 16.6 Å². The Morgan fingerprint density at radius 3 is 3.15 bits per heavy atom. The topological polar surface area (TPSA) is 43.8 Å². The van der Waals surface area contributed by atoms with Crippen LogP contribution < -0.4 is 5.73 Å². The minimum absolute atomic E-state index is 0.982. The number of pyridine rings is 1. The number of nitrogens with two attached hydrogens (primary N) is 1. The molecule has 2 rings (SSSR count). The van der Waals surface area contributed by atoms with E-state index < -0.39 is 0 Å². The first-order valence-electron chi connectivity index (χ1n) is 4.11. The predicted molar refractivity (Wildman–Crippen MR) is 53.9 cm³/mol. The molecule has 2 N–H and O–H groups in total. The fourth-order valence-electron chi connectivity index (χ4n) is 1.48. The van der Waals surface area contributed by atoms with Gasteiger partial charge in [0.25, 0.3) is 0 Å². The van der Waals surface area contributed by atoms with Crippen LogP contribution in [0.5, 0.6) is 0 Å². The zero-order valence-electron chi connectivity index (χ0n) is 7.44. The van der Waals surface area contributed by atoms with Gasteiger partial charge in [-0.1, -0.05) is 0 Å². The van der Waals surface area contributed by atoms with E-state index in [4.69, 9.17) is 5.73 Å². The van der Waals surface area contributed by atoms with Crippen molar-refractivity contribution < 1.29 is 0 Å². The van der Waals surface area contributed by atoms with Crippen LogP contribution in [0.4, 0.5) is 0 Å². The Morgan fingerprint density at radius 2 is 2.38 bits per heavy atom. The Labute approximate surface area is 76.5 Å². The lowest BCUT2D eigenvalue weighted by atomic mass is 10.2. The SMILES string of the molecule is Cn1cc(/C=C/N)c2cccnc21. The maximum absolute atomic E-state index is 5.35. The molecule has 2 heterocycles. The molecule has 0 aliphatic carbocycles. The second-order valence-corrected chi connectivity index (χ2v) is 2.93. The molecule has 3 nitrogen and oxygen atoms in total. The van der Waals surface area contributed by atoms with Gasteiger partial charge in [-0.15, -0.1) is 0 Å². The summed E-state index contributed by atoms with van der Waals surface area (Å²) in [6, 6.07) is 3.97. The van der Waals surface area contributed by atoms with Gasteiger partial charge < -0.3 is 10.3 Å². The zero-order chi connectivity index (χ0) is 9.26. The molecule has 0 aromatic carbocycles. The molecule has 0 fully saturated rings. The quantitative estimate of drug-likeness (QED) is 0.710. The van der Waals surface area contributed by atoms with Crippen LogP contribution in [0.2, 0.25) is 0 Å². The predicted octanol–water partition coefficient (Wildman–Crippen LogP) is 1.50. The number of rotatable bonds is 1. The first kappa shape index (κ1) is 7.86. The Bertz CT molecular complexity index is 454. The third kappa shape index (κ3) is 1.18. The molecule has 3 heteroatoms. The largest absolute Gasteiger partial charge is 0.405 e. The molecule has 66 valence electrons. The van der Waals surface area contributed by atoms with Gasteiger partial charge in [-0.25, -0.2) is 4.98 Å². The lowest BCUT2D eigenvalue weighted by Gasteiger charge is -1.91. The first-order chi connectivity index (χ1) is 6.33. The van der Waals surface area contributed by atoms with Crippen LogP contribution >= 0.6 is 0 Å². The van der Waals surface area contributed by atoms with Crippen molar-refractivity contribution in [2.45, 2.75) is 0 Å². The summed E-state index contributed by atoms with van der Waals surface area (Å²) in [5.41, 5.74) is 7.44. The summed E-state index contributed by atoms with van der Waals surface area (Å²) >= 11 is 0. The molecule has 0 aliphatic rings. The van der Waals surface area contributed by atoms with Gasteiger partial charge in [0.15, 0.2) is 0 Å². The molecule has 0 unspecified atom stereocenters. The number of hydrogen-bond donors (Lipinski definition) is 1. The van der Waals surface area contributed by atoms with Gasteiger partial charge in [0.1, 0.15) is 5.65 Å². The fraction of sp³-hybridized carbons (Fsp3) is 0.100. The molecule has 0 saturated heterocycles. The third-order valence-corrected chi connectivity index (χ3v) is 2.04. The Hall–Kier alpha value is -1.77. The van der Waals surface area contributed by atoms with Gasteiger partial charge in [0.2, 0.25) is 0 Å². The van der Waals surface area contributed by atoms with E-state index in [1.165, 1.54) is 0 Å². The van der Waals surface area contributed by atoms with Gasteiger partial charge in [-0.05, 0) is 24.4 Å². The molecule has 0 saturated carbocycles. The Morgan fingerprint density at radius 1 is 1.54 bits per heavy atom. The van der Waals surface area contributed by atoms with Crippen molar-refractivity contribution in [2.75, 3.05) is 0 Å². The summed E-state index contributed by atoms with van der Waals surface area (Å²) < 4.78 is 1.99. The highest BCUT2D eigenvalue weighted by molar-refractivity contribution is 5.86. The number of aryl methyl sites for hydroxylation is 1. The van der Waals surface area contributed by atoms with Crippen molar-refractivity contribution in [3.05, 3.63) is 36.3 Å². The third-order valence-electron chi connectivity index (χ3n) is 2.04. The Kier molecular flexibility index (Phi) is 1.77. The molecule has 0 bridgehead atoms. The van der Waals surface area contributed by atoms with Crippen molar-refractivity contribution in [3.8, 4) is 0 Å².